The largest absolute Gasteiger partial charge is 0.455 e. The molecule has 2 rings (SSSR count). The molecule has 0 spiro atoms. The summed E-state index contributed by atoms with van der Waals surface area (Å²) >= 11 is 0. The van der Waals surface area contributed by atoms with Gasteiger partial charge in [0.15, 0.2) is 6.61 Å². The van der Waals surface area contributed by atoms with Crippen molar-refractivity contribution >= 4 is 17.8 Å². The van der Waals surface area contributed by atoms with Gasteiger partial charge in [0.2, 0.25) is 5.91 Å². The number of likely N-dealkylation sites (tertiary alicyclic amines) is 1. The van der Waals surface area contributed by atoms with Crippen LogP contribution in [0, 0.1) is 5.92 Å². The van der Waals surface area contributed by atoms with Crippen LogP contribution in [0.3, 0.4) is 0 Å². The predicted octanol–water partition coefficient (Wildman–Crippen LogP) is 1.34. The highest BCUT2D eigenvalue weighted by molar-refractivity contribution is 5.88. The minimum atomic E-state index is -4.46. The van der Waals surface area contributed by atoms with E-state index in [1.807, 2.05) is 0 Å². The van der Waals surface area contributed by atoms with Crippen LogP contribution < -0.4 is 5.32 Å². The average molecular weight is 358 g/mol. The van der Waals surface area contributed by atoms with Crippen molar-refractivity contribution in [2.24, 2.45) is 5.92 Å². The number of carbonyl (C=O) groups is 3. The van der Waals surface area contributed by atoms with Gasteiger partial charge in [-0.2, -0.15) is 13.2 Å². The Morgan fingerprint density at radius 1 is 1.36 bits per heavy atom. The molecule has 136 valence electrons. The molecule has 2 amide bonds. The molecule has 1 aliphatic heterocycles. The van der Waals surface area contributed by atoms with Gasteiger partial charge in [0, 0.05) is 26.6 Å². The second-order valence-electron chi connectivity index (χ2n) is 5.65. The van der Waals surface area contributed by atoms with Crippen molar-refractivity contribution in [1.29, 1.82) is 0 Å². The Balaban J connectivity index is 1.97. The number of hydrogen-bond donors (Lipinski definition) is 1. The topological polar surface area (TPSA) is 75.7 Å². The third-order valence-electron chi connectivity index (χ3n) is 3.80. The summed E-state index contributed by atoms with van der Waals surface area (Å²) in [4.78, 5) is 36.2. The maximum atomic E-state index is 12.7. The highest BCUT2D eigenvalue weighted by Crippen LogP contribution is 2.30. The second kappa shape index (κ2) is 7.54. The van der Waals surface area contributed by atoms with E-state index >= 15 is 0 Å². The Morgan fingerprint density at radius 3 is 2.72 bits per heavy atom. The lowest BCUT2D eigenvalue weighted by Crippen LogP contribution is -2.29. The summed E-state index contributed by atoms with van der Waals surface area (Å²) in [5.41, 5.74) is -0.472. The number of hydrogen-bond acceptors (Lipinski definition) is 4. The molecule has 1 aliphatic rings. The Bertz CT molecular complexity index is 676. The van der Waals surface area contributed by atoms with Crippen LogP contribution in [0.15, 0.2) is 24.3 Å². The SMILES string of the molecule is CNC(=O)COC(=O)[C@H]1CC(=O)N(Cc2cccc(C(F)(F)F)c2)C1. The van der Waals surface area contributed by atoms with Gasteiger partial charge in [-0.1, -0.05) is 12.1 Å². The number of esters is 1. The molecule has 1 aromatic carbocycles. The Labute approximate surface area is 141 Å². The van der Waals surface area contributed by atoms with Gasteiger partial charge in [-0.05, 0) is 17.7 Å². The minimum absolute atomic E-state index is 0.0258. The van der Waals surface area contributed by atoms with Crippen molar-refractivity contribution in [2.45, 2.75) is 19.1 Å². The third kappa shape index (κ3) is 4.94. The molecule has 0 radical (unpaired) electrons. The zero-order valence-corrected chi connectivity index (χ0v) is 13.4. The zero-order valence-electron chi connectivity index (χ0n) is 13.4. The van der Waals surface area contributed by atoms with Gasteiger partial charge in [0.25, 0.3) is 5.91 Å². The highest BCUT2D eigenvalue weighted by Gasteiger charge is 2.36. The maximum absolute atomic E-state index is 12.7. The van der Waals surface area contributed by atoms with Gasteiger partial charge in [0.05, 0.1) is 11.5 Å². The van der Waals surface area contributed by atoms with Crippen LogP contribution in [0.5, 0.6) is 0 Å². The molecular formula is C16H17F3N2O4. The first-order valence-corrected chi connectivity index (χ1v) is 7.52. The van der Waals surface area contributed by atoms with Gasteiger partial charge >= 0.3 is 12.1 Å². The molecule has 6 nitrogen and oxygen atoms in total. The first-order chi connectivity index (χ1) is 11.7. The molecule has 1 N–H and O–H groups in total. The van der Waals surface area contributed by atoms with Crippen LogP contribution >= 0.6 is 0 Å². The van der Waals surface area contributed by atoms with E-state index < -0.39 is 36.1 Å². The number of likely N-dealkylation sites (N-methyl/N-ethyl adjacent to an activating group) is 1. The fraction of sp³-hybridized carbons (Fsp3) is 0.438. The number of nitrogens with zero attached hydrogens (tertiary/aromatic N) is 1. The number of nitrogens with one attached hydrogen (secondary N) is 1. The van der Waals surface area contributed by atoms with E-state index in [0.29, 0.717) is 5.56 Å². The Morgan fingerprint density at radius 2 is 2.08 bits per heavy atom. The van der Waals surface area contributed by atoms with Crippen LogP contribution in [-0.4, -0.2) is 42.9 Å². The van der Waals surface area contributed by atoms with E-state index in [9.17, 15) is 27.6 Å². The summed E-state index contributed by atoms with van der Waals surface area (Å²) in [6.07, 6.45) is -4.55. The lowest BCUT2D eigenvalue weighted by atomic mass is 10.1. The molecule has 0 aliphatic carbocycles. The highest BCUT2D eigenvalue weighted by atomic mass is 19.4. The van der Waals surface area contributed by atoms with E-state index in [4.69, 9.17) is 4.74 Å². The number of alkyl halides is 3. The van der Waals surface area contributed by atoms with Crippen molar-refractivity contribution in [3.8, 4) is 0 Å². The van der Waals surface area contributed by atoms with Crippen molar-refractivity contribution in [3.63, 3.8) is 0 Å². The normalized spacial score (nSPS) is 17.5. The lowest BCUT2D eigenvalue weighted by Gasteiger charge is -2.17. The molecule has 1 heterocycles. The molecule has 1 aromatic rings. The fourth-order valence-electron chi connectivity index (χ4n) is 2.48. The molecule has 0 unspecified atom stereocenters. The van der Waals surface area contributed by atoms with Crippen LogP contribution in [-0.2, 0) is 31.8 Å². The summed E-state index contributed by atoms with van der Waals surface area (Å²) < 4.78 is 43.0. The van der Waals surface area contributed by atoms with E-state index in [1.54, 1.807) is 0 Å². The molecule has 9 heteroatoms. The van der Waals surface area contributed by atoms with Crippen molar-refractivity contribution < 1.29 is 32.3 Å². The number of rotatable bonds is 5. The lowest BCUT2D eigenvalue weighted by molar-refractivity contribution is -0.152. The predicted molar refractivity (Wildman–Crippen MR) is 80.0 cm³/mol. The standard InChI is InChI=1S/C16H17F3N2O4/c1-20-13(22)9-25-15(24)11-6-14(23)21(8-11)7-10-3-2-4-12(5-10)16(17,18)19/h2-5,11H,6-9H2,1H3,(H,20,22)/t11-/m0/s1. The van der Waals surface area contributed by atoms with Crippen molar-refractivity contribution in [3.05, 3.63) is 35.4 Å². The first-order valence-electron chi connectivity index (χ1n) is 7.52. The zero-order chi connectivity index (χ0) is 18.6. The molecular weight excluding hydrogens is 341 g/mol. The second-order valence-corrected chi connectivity index (χ2v) is 5.65. The molecule has 25 heavy (non-hydrogen) atoms. The van der Waals surface area contributed by atoms with Crippen LogP contribution in [0.25, 0.3) is 0 Å². The Hall–Kier alpha value is -2.58. The summed E-state index contributed by atoms with van der Waals surface area (Å²) in [7, 11) is 1.39. The number of amides is 2. The summed E-state index contributed by atoms with van der Waals surface area (Å²) in [5, 5.41) is 2.29. The van der Waals surface area contributed by atoms with Crippen molar-refractivity contribution in [2.75, 3.05) is 20.2 Å². The van der Waals surface area contributed by atoms with Crippen molar-refractivity contribution in [1.82, 2.24) is 10.2 Å². The molecule has 0 saturated carbocycles. The van der Waals surface area contributed by atoms with Gasteiger partial charge in [-0.25, -0.2) is 0 Å². The first kappa shape index (κ1) is 18.8. The maximum Gasteiger partial charge on any atom is 0.416 e. The smallest absolute Gasteiger partial charge is 0.416 e. The average Bonchev–Trinajstić information content (AvgIpc) is 2.92. The van der Waals surface area contributed by atoms with Crippen LogP contribution in [0.1, 0.15) is 17.5 Å². The Kier molecular flexibility index (Phi) is 5.66. The van der Waals surface area contributed by atoms with Crippen LogP contribution in [0.4, 0.5) is 13.2 Å². The number of ether oxygens (including phenoxy) is 1. The third-order valence-corrected chi connectivity index (χ3v) is 3.80. The molecule has 0 aromatic heterocycles. The summed E-state index contributed by atoms with van der Waals surface area (Å²) in [6, 6.07) is 4.69. The quantitative estimate of drug-likeness (QED) is 0.806. The van der Waals surface area contributed by atoms with Gasteiger partial charge in [0.1, 0.15) is 0 Å². The number of carbonyl (C=O) groups excluding carboxylic acids is 3. The van der Waals surface area contributed by atoms with E-state index in [-0.39, 0.29) is 25.4 Å². The molecule has 1 saturated heterocycles. The van der Waals surface area contributed by atoms with Crippen LogP contribution in [0.2, 0.25) is 0 Å². The van der Waals surface area contributed by atoms with Gasteiger partial charge in [-0.3, -0.25) is 14.4 Å². The number of benzene rings is 1. The summed E-state index contributed by atoms with van der Waals surface area (Å²) in [5.74, 6) is -2.23. The fourth-order valence-corrected chi connectivity index (χ4v) is 2.48. The monoisotopic (exact) mass is 358 g/mol. The van der Waals surface area contributed by atoms with Gasteiger partial charge < -0.3 is 15.0 Å². The molecule has 1 atom stereocenters. The minimum Gasteiger partial charge on any atom is -0.455 e. The number of halogens is 3. The molecule has 1 fully saturated rings. The van der Waals surface area contributed by atoms with E-state index in [1.165, 1.54) is 24.1 Å². The van der Waals surface area contributed by atoms with E-state index in [0.717, 1.165) is 12.1 Å². The van der Waals surface area contributed by atoms with E-state index in [2.05, 4.69) is 5.32 Å². The summed E-state index contributed by atoms with van der Waals surface area (Å²) in [6.45, 7) is -0.419. The van der Waals surface area contributed by atoms with Gasteiger partial charge in [-0.15, -0.1) is 0 Å². The molecule has 0 bridgehead atoms.